The van der Waals surface area contributed by atoms with E-state index in [1.807, 2.05) is 13.8 Å². The van der Waals surface area contributed by atoms with Crippen LogP contribution in [-0.2, 0) is 17.7 Å². The third kappa shape index (κ3) is 3.61. The molecule has 1 rings (SSSR count). The maximum atomic E-state index is 10.8. The summed E-state index contributed by atoms with van der Waals surface area (Å²) in [7, 11) is 1.60. The summed E-state index contributed by atoms with van der Waals surface area (Å²) < 4.78 is 6.66. The van der Waals surface area contributed by atoms with Crippen molar-refractivity contribution in [2.24, 2.45) is 5.41 Å². The number of hydrogen-bond donors (Lipinski definition) is 1. The molecule has 0 aliphatic carbocycles. The summed E-state index contributed by atoms with van der Waals surface area (Å²) in [5.41, 5.74) is 0.800. The molecule has 0 saturated heterocycles. The van der Waals surface area contributed by atoms with Gasteiger partial charge < -0.3 is 9.84 Å². The minimum atomic E-state index is -0.296. The van der Waals surface area contributed by atoms with Crippen LogP contribution in [0.3, 0.4) is 0 Å². The first-order valence-electron chi connectivity index (χ1n) is 5.51. The number of aldehydes is 1. The fourth-order valence-electron chi connectivity index (χ4n) is 1.48. The number of aromatic nitrogens is 3. The Morgan fingerprint density at radius 2 is 2.24 bits per heavy atom. The molecule has 0 aliphatic rings. The van der Waals surface area contributed by atoms with Crippen LogP contribution in [0.1, 0.15) is 30.0 Å². The van der Waals surface area contributed by atoms with Crippen molar-refractivity contribution in [2.75, 3.05) is 20.3 Å². The fourth-order valence-corrected chi connectivity index (χ4v) is 1.48. The Morgan fingerprint density at radius 1 is 1.53 bits per heavy atom. The van der Waals surface area contributed by atoms with Crippen molar-refractivity contribution in [3.63, 3.8) is 0 Å². The highest BCUT2D eigenvalue weighted by molar-refractivity contribution is 5.73. The molecule has 0 aromatic carbocycles. The van der Waals surface area contributed by atoms with Gasteiger partial charge in [-0.2, -0.15) is 0 Å². The number of methoxy groups -OCH3 is 1. The molecule has 96 valence electrons. The van der Waals surface area contributed by atoms with Crippen molar-refractivity contribution >= 4 is 6.29 Å². The molecule has 0 atom stereocenters. The molecule has 1 aromatic heterocycles. The molecule has 0 spiro atoms. The van der Waals surface area contributed by atoms with Crippen molar-refractivity contribution in [1.82, 2.24) is 15.0 Å². The quantitative estimate of drug-likeness (QED) is 0.695. The van der Waals surface area contributed by atoms with Gasteiger partial charge in [-0.05, 0) is 0 Å². The van der Waals surface area contributed by atoms with Gasteiger partial charge >= 0.3 is 0 Å². The van der Waals surface area contributed by atoms with Crippen molar-refractivity contribution in [2.45, 2.75) is 26.8 Å². The van der Waals surface area contributed by atoms with E-state index in [2.05, 4.69) is 10.3 Å². The molecule has 6 nitrogen and oxygen atoms in total. The molecule has 0 saturated carbocycles. The molecular weight excluding hydrogens is 222 g/mol. The minimum Gasteiger partial charge on any atom is -0.396 e. The Hall–Kier alpha value is -1.27. The molecule has 0 amide bonds. The number of carbonyl (C=O) groups is 1. The van der Waals surface area contributed by atoms with Gasteiger partial charge in [0.2, 0.25) is 0 Å². The van der Waals surface area contributed by atoms with E-state index in [0.29, 0.717) is 31.6 Å². The van der Waals surface area contributed by atoms with Crippen molar-refractivity contribution in [1.29, 1.82) is 0 Å². The predicted molar refractivity (Wildman–Crippen MR) is 61.9 cm³/mol. The first kappa shape index (κ1) is 13.8. The summed E-state index contributed by atoms with van der Waals surface area (Å²) in [6.45, 7) is 4.93. The molecule has 1 N–H and O–H groups in total. The highest BCUT2D eigenvalue weighted by atomic mass is 16.5. The molecule has 0 unspecified atom stereocenters. The first-order valence-corrected chi connectivity index (χ1v) is 5.51. The van der Waals surface area contributed by atoms with E-state index in [9.17, 15) is 9.90 Å². The average Bonchev–Trinajstić information content (AvgIpc) is 2.68. The fraction of sp³-hybridized carbons (Fsp3) is 0.727. The Bertz CT molecular complexity index is 374. The Balaban J connectivity index is 2.91. The third-order valence-corrected chi connectivity index (χ3v) is 2.53. The van der Waals surface area contributed by atoms with E-state index in [-0.39, 0.29) is 12.0 Å². The number of hydrogen-bond acceptors (Lipinski definition) is 5. The lowest BCUT2D eigenvalue weighted by Crippen LogP contribution is -2.26. The van der Waals surface area contributed by atoms with Gasteiger partial charge in [-0.1, -0.05) is 19.1 Å². The maximum absolute atomic E-state index is 10.8. The van der Waals surface area contributed by atoms with Gasteiger partial charge in [0, 0.05) is 25.6 Å². The Kier molecular flexibility index (Phi) is 4.77. The summed E-state index contributed by atoms with van der Waals surface area (Å²) >= 11 is 0. The lowest BCUT2D eigenvalue weighted by molar-refractivity contribution is 0.111. The number of nitrogens with zero attached hydrogens (tertiary/aromatic N) is 3. The van der Waals surface area contributed by atoms with Crippen molar-refractivity contribution < 1.29 is 14.6 Å². The minimum absolute atomic E-state index is 0.0486. The number of ether oxygens (including phenoxy) is 1. The summed E-state index contributed by atoms with van der Waals surface area (Å²) in [5, 5.41) is 17.0. The molecule has 17 heavy (non-hydrogen) atoms. The summed E-state index contributed by atoms with van der Waals surface area (Å²) in [5.74, 6) is 0. The van der Waals surface area contributed by atoms with E-state index in [4.69, 9.17) is 4.74 Å². The molecule has 0 fully saturated rings. The molecular formula is C11H19N3O3. The zero-order chi connectivity index (χ0) is 12.9. The van der Waals surface area contributed by atoms with Crippen LogP contribution in [-0.4, -0.2) is 46.7 Å². The smallest absolute Gasteiger partial charge is 0.172 e. The van der Waals surface area contributed by atoms with Crippen LogP contribution < -0.4 is 0 Å². The highest BCUT2D eigenvalue weighted by Gasteiger charge is 2.21. The third-order valence-electron chi connectivity index (χ3n) is 2.53. The maximum Gasteiger partial charge on any atom is 0.172 e. The van der Waals surface area contributed by atoms with E-state index >= 15 is 0 Å². The van der Waals surface area contributed by atoms with E-state index < -0.39 is 0 Å². The van der Waals surface area contributed by atoms with Gasteiger partial charge in [-0.15, -0.1) is 5.10 Å². The molecule has 0 radical (unpaired) electrons. The molecule has 6 heteroatoms. The lowest BCUT2D eigenvalue weighted by Gasteiger charge is -2.22. The Morgan fingerprint density at radius 3 is 2.76 bits per heavy atom. The zero-order valence-electron chi connectivity index (χ0n) is 10.5. The number of aliphatic hydroxyl groups is 1. The second kappa shape index (κ2) is 5.88. The highest BCUT2D eigenvalue weighted by Crippen LogP contribution is 2.18. The lowest BCUT2D eigenvalue weighted by atomic mass is 9.95. The zero-order valence-corrected chi connectivity index (χ0v) is 10.5. The second-order valence-electron chi connectivity index (χ2n) is 4.76. The van der Waals surface area contributed by atoms with Gasteiger partial charge in [-0.3, -0.25) is 4.79 Å². The summed E-state index contributed by atoms with van der Waals surface area (Å²) in [4.78, 5) is 10.8. The largest absolute Gasteiger partial charge is 0.396 e. The van der Waals surface area contributed by atoms with E-state index in [1.54, 1.807) is 11.8 Å². The average molecular weight is 241 g/mol. The molecule has 1 heterocycles. The van der Waals surface area contributed by atoms with Gasteiger partial charge in [0.25, 0.3) is 0 Å². The van der Waals surface area contributed by atoms with Gasteiger partial charge in [0.05, 0.1) is 18.8 Å². The van der Waals surface area contributed by atoms with Crippen LogP contribution in [0.2, 0.25) is 0 Å². The van der Waals surface area contributed by atoms with Gasteiger partial charge in [0.15, 0.2) is 6.29 Å². The van der Waals surface area contributed by atoms with Crippen LogP contribution in [0.5, 0.6) is 0 Å². The topological polar surface area (TPSA) is 77.2 Å². The van der Waals surface area contributed by atoms with Crippen LogP contribution >= 0.6 is 0 Å². The summed E-state index contributed by atoms with van der Waals surface area (Å²) in [6.07, 6.45) is 1.28. The molecule has 0 bridgehead atoms. The molecule has 1 aromatic rings. The van der Waals surface area contributed by atoms with Crippen molar-refractivity contribution in [3.05, 3.63) is 11.4 Å². The van der Waals surface area contributed by atoms with Crippen LogP contribution in [0, 0.1) is 5.41 Å². The number of rotatable bonds is 7. The van der Waals surface area contributed by atoms with Gasteiger partial charge in [-0.25, -0.2) is 4.68 Å². The number of aliphatic hydroxyl groups excluding tert-OH is 1. The normalized spacial score (nSPS) is 11.8. The monoisotopic (exact) mass is 241 g/mol. The second-order valence-corrected chi connectivity index (χ2v) is 4.76. The van der Waals surface area contributed by atoms with Gasteiger partial charge in [0.1, 0.15) is 5.69 Å². The van der Waals surface area contributed by atoms with E-state index in [0.717, 1.165) is 5.69 Å². The number of carbonyl (C=O) groups excluding carboxylic acids is 1. The first-order chi connectivity index (χ1) is 8.04. The standard InChI is InChI=1S/C11H19N3O3/c1-11(2,8-16)7-14-10(4-5-17-3)9(6-15)12-13-14/h6,16H,4-5,7-8H2,1-3H3. The predicted octanol–water partition coefficient (Wildman–Crippen LogP) is 0.298. The van der Waals surface area contributed by atoms with Crippen LogP contribution in [0.15, 0.2) is 0 Å². The summed E-state index contributed by atoms with van der Waals surface area (Å²) in [6, 6.07) is 0. The van der Waals surface area contributed by atoms with Crippen LogP contribution in [0.25, 0.3) is 0 Å². The molecule has 0 aliphatic heterocycles. The van der Waals surface area contributed by atoms with Crippen molar-refractivity contribution in [3.8, 4) is 0 Å². The Labute approximate surface area is 101 Å². The SMILES string of the molecule is COCCc1c(C=O)nnn1CC(C)(C)CO. The van der Waals surface area contributed by atoms with E-state index in [1.165, 1.54) is 0 Å². The van der Waals surface area contributed by atoms with Crippen LogP contribution in [0.4, 0.5) is 0 Å².